The first kappa shape index (κ1) is 19.2. The summed E-state index contributed by atoms with van der Waals surface area (Å²) in [6, 6.07) is 14.9. The number of carbonyl (C=O) groups is 2. The normalized spacial score (nSPS) is 10.5. The SMILES string of the molecule is COC(=O)c1ccc(C)c(C=CCCNC(=O)OCc2ccccc2)c1. The van der Waals surface area contributed by atoms with E-state index in [-0.39, 0.29) is 12.6 Å². The standard InChI is InChI=1S/C21H23NO4/c1-16-11-12-19(20(23)25-2)14-18(16)10-6-7-13-22-21(24)26-15-17-8-4-3-5-9-17/h3-6,8-12,14H,7,13,15H2,1-2H3,(H,22,24). The molecule has 1 N–H and O–H groups in total. The van der Waals surface area contributed by atoms with Crippen molar-refractivity contribution in [2.75, 3.05) is 13.7 Å². The second-order valence-electron chi connectivity index (χ2n) is 5.74. The molecule has 1 amide bonds. The van der Waals surface area contributed by atoms with E-state index in [1.807, 2.05) is 55.5 Å². The number of ether oxygens (including phenoxy) is 2. The summed E-state index contributed by atoms with van der Waals surface area (Å²) >= 11 is 0. The van der Waals surface area contributed by atoms with Gasteiger partial charge in [-0.1, -0.05) is 48.6 Å². The van der Waals surface area contributed by atoms with Gasteiger partial charge in [-0.25, -0.2) is 9.59 Å². The number of benzene rings is 2. The molecule has 0 unspecified atom stereocenters. The molecular formula is C21H23NO4. The Balaban J connectivity index is 1.75. The Bertz CT molecular complexity index is 769. The summed E-state index contributed by atoms with van der Waals surface area (Å²) in [7, 11) is 1.36. The molecule has 0 aliphatic carbocycles. The fourth-order valence-corrected chi connectivity index (χ4v) is 2.31. The van der Waals surface area contributed by atoms with Gasteiger partial charge in [0.2, 0.25) is 0 Å². The van der Waals surface area contributed by atoms with Crippen molar-refractivity contribution in [2.45, 2.75) is 20.0 Å². The van der Waals surface area contributed by atoms with Gasteiger partial charge in [-0.2, -0.15) is 0 Å². The number of rotatable bonds is 7. The van der Waals surface area contributed by atoms with Crippen LogP contribution in [0.1, 0.15) is 33.5 Å². The van der Waals surface area contributed by atoms with Crippen molar-refractivity contribution >= 4 is 18.1 Å². The zero-order valence-electron chi connectivity index (χ0n) is 15.0. The van der Waals surface area contributed by atoms with Gasteiger partial charge in [0.15, 0.2) is 0 Å². The fraction of sp³-hybridized carbons (Fsp3) is 0.238. The zero-order valence-corrected chi connectivity index (χ0v) is 15.0. The van der Waals surface area contributed by atoms with Crippen LogP contribution >= 0.6 is 0 Å². The molecule has 5 heteroatoms. The summed E-state index contributed by atoms with van der Waals surface area (Å²) < 4.78 is 9.87. The third kappa shape index (κ3) is 6.09. The zero-order chi connectivity index (χ0) is 18.8. The molecule has 0 aromatic heterocycles. The van der Waals surface area contributed by atoms with E-state index in [9.17, 15) is 9.59 Å². The van der Waals surface area contributed by atoms with Gasteiger partial charge < -0.3 is 14.8 Å². The minimum atomic E-state index is -0.439. The van der Waals surface area contributed by atoms with Crippen LogP contribution in [-0.4, -0.2) is 25.7 Å². The van der Waals surface area contributed by atoms with E-state index in [1.54, 1.807) is 12.1 Å². The number of hydrogen-bond donors (Lipinski definition) is 1. The summed E-state index contributed by atoms with van der Waals surface area (Å²) in [6.45, 7) is 2.70. The van der Waals surface area contributed by atoms with Crippen LogP contribution < -0.4 is 5.32 Å². The highest BCUT2D eigenvalue weighted by molar-refractivity contribution is 5.90. The summed E-state index contributed by atoms with van der Waals surface area (Å²) in [5.74, 6) is -0.359. The summed E-state index contributed by atoms with van der Waals surface area (Å²) in [4.78, 5) is 23.2. The van der Waals surface area contributed by atoms with Crippen LogP contribution in [0.2, 0.25) is 0 Å². The maximum atomic E-state index is 11.6. The van der Waals surface area contributed by atoms with Gasteiger partial charge in [0, 0.05) is 6.54 Å². The lowest BCUT2D eigenvalue weighted by atomic mass is 10.0. The molecule has 2 aromatic carbocycles. The molecule has 0 radical (unpaired) electrons. The largest absolute Gasteiger partial charge is 0.465 e. The average molecular weight is 353 g/mol. The smallest absolute Gasteiger partial charge is 0.407 e. The number of aryl methyl sites for hydroxylation is 1. The van der Waals surface area contributed by atoms with Crippen LogP contribution in [0.15, 0.2) is 54.6 Å². The highest BCUT2D eigenvalue weighted by Crippen LogP contribution is 2.14. The van der Waals surface area contributed by atoms with Crippen LogP contribution in [0.25, 0.3) is 6.08 Å². The van der Waals surface area contributed by atoms with Gasteiger partial charge in [-0.05, 0) is 42.2 Å². The molecule has 0 atom stereocenters. The van der Waals surface area contributed by atoms with Gasteiger partial charge in [0.1, 0.15) is 6.61 Å². The predicted octanol–water partition coefficient (Wildman–Crippen LogP) is 4.11. The Kier molecular flexibility index (Phi) is 7.43. The molecule has 136 valence electrons. The Hall–Kier alpha value is -3.08. The molecule has 0 saturated carbocycles. The number of hydrogen-bond acceptors (Lipinski definition) is 4. The molecule has 0 aliphatic rings. The Morgan fingerprint density at radius 3 is 2.62 bits per heavy atom. The van der Waals surface area contributed by atoms with E-state index < -0.39 is 6.09 Å². The van der Waals surface area contributed by atoms with Gasteiger partial charge in [0.05, 0.1) is 12.7 Å². The monoisotopic (exact) mass is 353 g/mol. The third-order valence-corrected chi connectivity index (χ3v) is 3.79. The first-order chi connectivity index (χ1) is 12.6. The third-order valence-electron chi connectivity index (χ3n) is 3.79. The number of carbonyl (C=O) groups excluding carboxylic acids is 2. The molecule has 0 spiro atoms. The van der Waals surface area contributed by atoms with Gasteiger partial charge in [-0.15, -0.1) is 0 Å². The van der Waals surface area contributed by atoms with E-state index in [0.717, 1.165) is 16.7 Å². The lowest BCUT2D eigenvalue weighted by molar-refractivity contribution is 0.0600. The molecule has 0 heterocycles. The molecule has 0 aliphatic heterocycles. The maximum absolute atomic E-state index is 11.6. The van der Waals surface area contributed by atoms with Crippen molar-refractivity contribution in [3.63, 3.8) is 0 Å². The van der Waals surface area contributed by atoms with Crippen molar-refractivity contribution in [3.05, 3.63) is 76.9 Å². The number of esters is 1. The van der Waals surface area contributed by atoms with Gasteiger partial charge in [-0.3, -0.25) is 0 Å². The minimum absolute atomic E-state index is 0.252. The molecule has 2 aromatic rings. The van der Waals surface area contributed by atoms with Crippen LogP contribution in [0.3, 0.4) is 0 Å². The average Bonchev–Trinajstić information content (AvgIpc) is 2.67. The first-order valence-corrected chi connectivity index (χ1v) is 8.40. The Labute approximate surface area is 153 Å². The van der Waals surface area contributed by atoms with E-state index in [1.165, 1.54) is 7.11 Å². The maximum Gasteiger partial charge on any atom is 0.407 e. The number of amides is 1. The Morgan fingerprint density at radius 2 is 1.88 bits per heavy atom. The van der Waals surface area contributed by atoms with Gasteiger partial charge >= 0.3 is 12.1 Å². The highest BCUT2D eigenvalue weighted by atomic mass is 16.5. The lowest BCUT2D eigenvalue weighted by Gasteiger charge is -2.06. The van der Waals surface area contributed by atoms with Crippen LogP contribution in [0.5, 0.6) is 0 Å². The predicted molar refractivity (Wildman–Crippen MR) is 101 cm³/mol. The first-order valence-electron chi connectivity index (χ1n) is 8.40. The van der Waals surface area contributed by atoms with Crippen molar-refractivity contribution in [3.8, 4) is 0 Å². The lowest BCUT2D eigenvalue weighted by Crippen LogP contribution is -2.24. The molecule has 2 rings (SSSR count). The van der Waals surface area contributed by atoms with E-state index >= 15 is 0 Å². The molecule has 5 nitrogen and oxygen atoms in total. The number of alkyl carbamates (subject to hydrolysis) is 1. The number of nitrogens with one attached hydrogen (secondary N) is 1. The van der Waals surface area contributed by atoms with E-state index in [2.05, 4.69) is 5.32 Å². The van der Waals surface area contributed by atoms with Crippen molar-refractivity contribution in [2.24, 2.45) is 0 Å². The fourth-order valence-electron chi connectivity index (χ4n) is 2.31. The summed E-state index contributed by atoms with van der Waals surface area (Å²) in [5.41, 5.74) is 3.47. The summed E-state index contributed by atoms with van der Waals surface area (Å²) in [5, 5.41) is 2.71. The van der Waals surface area contributed by atoms with Crippen molar-refractivity contribution in [1.29, 1.82) is 0 Å². The van der Waals surface area contributed by atoms with Crippen LogP contribution in [-0.2, 0) is 16.1 Å². The molecule has 26 heavy (non-hydrogen) atoms. The second kappa shape index (κ2) is 10.0. The molecule has 0 fully saturated rings. The van der Waals surface area contributed by atoms with Crippen LogP contribution in [0, 0.1) is 6.92 Å². The van der Waals surface area contributed by atoms with Crippen molar-refractivity contribution in [1.82, 2.24) is 5.32 Å². The second-order valence-corrected chi connectivity index (χ2v) is 5.74. The quantitative estimate of drug-likeness (QED) is 0.601. The van der Waals surface area contributed by atoms with Gasteiger partial charge in [0.25, 0.3) is 0 Å². The molecule has 0 saturated heterocycles. The number of methoxy groups -OCH3 is 1. The van der Waals surface area contributed by atoms with E-state index in [4.69, 9.17) is 9.47 Å². The summed E-state index contributed by atoms with van der Waals surface area (Å²) in [6.07, 6.45) is 4.09. The molecule has 0 bridgehead atoms. The topological polar surface area (TPSA) is 64.6 Å². The highest BCUT2D eigenvalue weighted by Gasteiger charge is 2.06. The van der Waals surface area contributed by atoms with E-state index in [0.29, 0.717) is 18.5 Å². The van der Waals surface area contributed by atoms with Crippen LogP contribution in [0.4, 0.5) is 4.79 Å². The molecular weight excluding hydrogens is 330 g/mol. The van der Waals surface area contributed by atoms with Crippen molar-refractivity contribution < 1.29 is 19.1 Å². The minimum Gasteiger partial charge on any atom is -0.465 e. The Morgan fingerprint density at radius 1 is 1.12 bits per heavy atom.